The second kappa shape index (κ2) is 6.23. The minimum absolute atomic E-state index is 0.113. The van der Waals surface area contributed by atoms with Crippen LogP contribution in [0.1, 0.15) is 29.6 Å². The summed E-state index contributed by atoms with van der Waals surface area (Å²) in [5, 5.41) is 8.52. The number of hydrogen-bond donors (Lipinski definition) is 5. The van der Waals surface area contributed by atoms with Gasteiger partial charge in [-0.1, -0.05) is 0 Å². The Kier molecular flexibility index (Phi) is 4.94. The Hall–Kier alpha value is -1.79. The van der Waals surface area contributed by atoms with Gasteiger partial charge in [0.1, 0.15) is 0 Å². The molecule has 1 saturated carbocycles. The summed E-state index contributed by atoms with van der Waals surface area (Å²) in [5.74, 6) is -1.02. The molecule has 1 aromatic carbocycles. The number of carbonyl (C=O) groups is 1. The minimum Gasteiger partial charge on any atom is -0.478 e. The summed E-state index contributed by atoms with van der Waals surface area (Å²) in [6.45, 7) is 0. The molecule has 0 amide bonds. The maximum Gasteiger partial charge on any atom is 0.335 e. The lowest BCUT2D eigenvalue weighted by molar-refractivity contribution is 0.0697. The van der Waals surface area contributed by atoms with Crippen molar-refractivity contribution < 1.29 is 9.90 Å². The molecule has 0 heterocycles. The normalized spacial score (nSPS) is 22.1. The number of carboxylic acid groups (broad SMARTS) is 1. The molecule has 0 bridgehead atoms. The van der Waals surface area contributed by atoms with Crippen LogP contribution >= 0.6 is 0 Å². The molecule has 0 saturated heterocycles. The van der Waals surface area contributed by atoms with Gasteiger partial charge in [-0.2, -0.15) is 0 Å². The summed E-state index contributed by atoms with van der Waals surface area (Å²) in [7, 11) is 0. The maximum absolute atomic E-state index is 10.4. The maximum atomic E-state index is 10.4. The van der Waals surface area contributed by atoms with E-state index in [0.717, 1.165) is 19.3 Å². The van der Waals surface area contributed by atoms with Crippen LogP contribution in [0.2, 0.25) is 0 Å². The van der Waals surface area contributed by atoms with E-state index >= 15 is 0 Å². The molecule has 100 valence electrons. The van der Waals surface area contributed by atoms with Crippen LogP contribution in [0.15, 0.2) is 18.2 Å². The summed E-state index contributed by atoms with van der Waals surface area (Å²) in [6, 6.07) is 5.02. The lowest BCUT2D eigenvalue weighted by atomic mass is 10.2. The fourth-order valence-corrected chi connectivity index (χ4v) is 1.85. The van der Waals surface area contributed by atoms with E-state index < -0.39 is 5.97 Å². The number of hydrogen-bond acceptors (Lipinski definition) is 5. The van der Waals surface area contributed by atoms with Crippen LogP contribution in [-0.2, 0) is 0 Å². The quantitative estimate of drug-likeness (QED) is 0.457. The molecule has 2 atom stereocenters. The predicted octanol–water partition coefficient (Wildman–Crippen LogP) is 0.374. The number of rotatable bonds is 1. The molecule has 6 heteroatoms. The van der Waals surface area contributed by atoms with Gasteiger partial charge in [0.15, 0.2) is 0 Å². The first-order valence-corrected chi connectivity index (χ1v) is 5.79. The summed E-state index contributed by atoms with van der Waals surface area (Å²) < 4.78 is 0. The highest BCUT2D eigenvalue weighted by molar-refractivity contribution is 5.90. The van der Waals surface area contributed by atoms with E-state index in [-0.39, 0.29) is 5.56 Å². The number of carboxylic acids is 1. The van der Waals surface area contributed by atoms with Crippen LogP contribution in [0, 0.1) is 0 Å². The van der Waals surface area contributed by atoms with Gasteiger partial charge < -0.3 is 28.0 Å². The molecular formula is C12H20N4O2. The average molecular weight is 252 g/mol. The molecule has 1 aromatic rings. The van der Waals surface area contributed by atoms with Gasteiger partial charge in [-0.25, -0.2) is 4.79 Å². The third kappa shape index (κ3) is 4.60. The smallest absolute Gasteiger partial charge is 0.335 e. The summed E-state index contributed by atoms with van der Waals surface area (Å²) >= 11 is 0. The zero-order valence-corrected chi connectivity index (χ0v) is 10.2. The zero-order chi connectivity index (χ0) is 13.7. The standard InChI is InChI=1S/C7H8N2O2.C5H12N2/c8-5-1-4(7(10)11)2-6(9)3-5;6-4-1-2-5(7)3-4/h1-3H,8-9H2,(H,10,11);4-5H,1-3,6-7H2/t;4-,5+. The Morgan fingerprint density at radius 2 is 1.50 bits per heavy atom. The van der Waals surface area contributed by atoms with Gasteiger partial charge in [-0.05, 0) is 37.5 Å². The zero-order valence-electron chi connectivity index (χ0n) is 10.2. The van der Waals surface area contributed by atoms with E-state index in [4.69, 9.17) is 28.0 Å². The molecule has 9 N–H and O–H groups in total. The van der Waals surface area contributed by atoms with Crippen molar-refractivity contribution in [2.45, 2.75) is 31.3 Å². The van der Waals surface area contributed by atoms with Crippen molar-refractivity contribution in [3.05, 3.63) is 23.8 Å². The van der Waals surface area contributed by atoms with Gasteiger partial charge in [0.05, 0.1) is 5.56 Å². The summed E-state index contributed by atoms with van der Waals surface area (Å²) in [4.78, 5) is 10.4. The van der Waals surface area contributed by atoms with Gasteiger partial charge in [-0.3, -0.25) is 0 Å². The van der Waals surface area contributed by atoms with Gasteiger partial charge in [0.2, 0.25) is 0 Å². The highest BCUT2D eigenvalue weighted by atomic mass is 16.4. The first-order valence-electron chi connectivity index (χ1n) is 5.79. The Balaban J connectivity index is 0.000000199. The van der Waals surface area contributed by atoms with E-state index in [1.807, 2.05) is 0 Å². The van der Waals surface area contributed by atoms with Crippen LogP contribution in [0.3, 0.4) is 0 Å². The van der Waals surface area contributed by atoms with Gasteiger partial charge in [0.25, 0.3) is 0 Å². The Morgan fingerprint density at radius 1 is 1.06 bits per heavy atom. The second-order valence-corrected chi connectivity index (χ2v) is 4.53. The fourth-order valence-electron chi connectivity index (χ4n) is 1.85. The van der Waals surface area contributed by atoms with Crippen molar-refractivity contribution in [1.29, 1.82) is 0 Å². The van der Waals surface area contributed by atoms with E-state index in [2.05, 4.69) is 0 Å². The van der Waals surface area contributed by atoms with Crippen LogP contribution in [0.5, 0.6) is 0 Å². The molecule has 0 unspecified atom stereocenters. The molecule has 6 nitrogen and oxygen atoms in total. The third-order valence-corrected chi connectivity index (χ3v) is 2.74. The van der Waals surface area contributed by atoms with E-state index in [1.165, 1.54) is 18.2 Å². The van der Waals surface area contributed by atoms with Crippen molar-refractivity contribution in [2.75, 3.05) is 11.5 Å². The number of anilines is 2. The molecule has 1 aliphatic rings. The molecule has 1 aliphatic carbocycles. The topological polar surface area (TPSA) is 141 Å². The lowest BCUT2D eigenvalue weighted by Gasteiger charge is -1.98. The van der Waals surface area contributed by atoms with Crippen molar-refractivity contribution in [3.8, 4) is 0 Å². The molecular weight excluding hydrogens is 232 g/mol. The molecule has 0 aliphatic heterocycles. The van der Waals surface area contributed by atoms with Gasteiger partial charge in [0, 0.05) is 23.5 Å². The number of nitrogen functional groups attached to an aromatic ring is 2. The second-order valence-electron chi connectivity index (χ2n) is 4.53. The first kappa shape index (κ1) is 14.3. The number of nitrogens with two attached hydrogens (primary N) is 4. The van der Waals surface area contributed by atoms with Crippen LogP contribution < -0.4 is 22.9 Å². The van der Waals surface area contributed by atoms with Crippen LogP contribution in [0.25, 0.3) is 0 Å². The van der Waals surface area contributed by atoms with E-state index in [9.17, 15) is 4.79 Å². The highest BCUT2D eigenvalue weighted by Gasteiger charge is 2.16. The molecule has 0 radical (unpaired) electrons. The van der Waals surface area contributed by atoms with E-state index in [0.29, 0.717) is 23.5 Å². The van der Waals surface area contributed by atoms with Crippen molar-refractivity contribution in [1.82, 2.24) is 0 Å². The average Bonchev–Trinajstić information content (AvgIpc) is 2.62. The van der Waals surface area contributed by atoms with Crippen molar-refractivity contribution in [2.24, 2.45) is 11.5 Å². The molecule has 18 heavy (non-hydrogen) atoms. The number of aromatic carboxylic acids is 1. The Bertz CT molecular complexity index is 394. The Morgan fingerprint density at radius 3 is 1.78 bits per heavy atom. The predicted molar refractivity (Wildman–Crippen MR) is 72.0 cm³/mol. The van der Waals surface area contributed by atoms with E-state index in [1.54, 1.807) is 0 Å². The monoisotopic (exact) mass is 252 g/mol. The van der Waals surface area contributed by atoms with Crippen molar-refractivity contribution in [3.63, 3.8) is 0 Å². The van der Waals surface area contributed by atoms with Crippen molar-refractivity contribution >= 4 is 17.3 Å². The third-order valence-electron chi connectivity index (χ3n) is 2.74. The number of benzene rings is 1. The molecule has 1 fully saturated rings. The van der Waals surface area contributed by atoms with Crippen LogP contribution in [-0.4, -0.2) is 23.2 Å². The molecule has 0 aromatic heterocycles. The summed E-state index contributed by atoms with van der Waals surface area (Å²) in [5.41, 5.74) is 22.6. The van der Waals surface area contributed by atoms with Gasteiger partial charge in [-0.15, -0.1) is 0 Å². The first-order chi connectivity index (χ1) is 8.38. The highest BCUT2D eigenvalue weighted by Crippen LogP contribution is 2.14. The summed E-state index contributed by atoms with van der Waals surface area (Å²) in [6.07, 6.45) is 3.28. The fraction of sp³-hybridized carbons (Fsp3) is 0.417. The van der Waals surface area contributed by atoms with Crippen LogP contribution in [0.4, 0.5) is 11.4 Å². The van der Waals surface area contributed by atoms with Gasteiger partial charge >= 0.3 is 5.97 Å². The minimum atomic E-state index is -1.02. The molecule has 2 rings (SSSR count). The lowest BCUT2D eigenvalue weighted by Crippen LogP contribution is -2.20. The largest absolute Gasteiger partial charge is 0.478 e. The Labute approximate surface area is 106 Å². The SMILES string of the molecule is N[C@@H]1CC[C@H](N)C1.Nc1cc(N)cc(C(=O)O)c1. The molecule has 0 spiro atoms.